The Labute approximate surface area is 83.3 Å². The summed E-state index contributed by atoms with van der Waals surface area (Å²) >= 11 is 0. The molecule has 0 aliphatic heterocycles. The number of hydrogen-bond donors (Lipinski definition) is 1. The lowest BCUT2D eigenvalue weighted by Crippen LogP contribution is -1.91. The average molecular weight is 182 g/mol. The summed E-state index contributed by atoms with van der Waals surface area (Å²) in [5.74, 6) is 6.75. The zero-order valence-electron chi connectivity index (χ0n) is 7.75. The van der Waals surface area contributed by atoms with Crippen LogP contribution in [0.3, 0.4) is 0 Å². The van der Waals surface area contributed by atoms with Gasteiger partial charge in [-0.25, -0.2) is 0 Å². The van der Waals surface area contributed by atoms with Crippen molar-refractivity contribution in [2.75, 3.05) is 5.73 Å². The van der Waals surface area contributed by atoms with Crippen molar-refractivity contribution in [1.29, 1.82) is 5.26 Å². The van der Waals surface area contributed by atoms with Gasteiger partial charge in [-0.3, -0.25) is 0 Å². The zero-order valence-corrected chi connectivity index (χ0v) is 7.75. The quantitative estimate of drug-likeness (QED) is 0.492. The van der Waals surface area contributed by atoms with E-state index in [-0.39, 0.29) is 0 Å². The lowest BCUT2D eigenvalue weighted by atomic mass is 10.1. The predicted molar refractivity (Wildman–Crippen MR) is 55.2 cm³/mol. The van der Waals surface area contributed by atoms with Crippen LogP contribution in [0.1, 0.15) is 24.0 Å². The van der Waals surface area contributed by atoms with Crippen LogP contribution in [-0.4, -0.2) is 0 Å². The molecule has 0 atom stereocenters. The Balaban J connectivity index is 2.27. The van der Waals surface area contributed by atoms with Gasteiger partial charge in [-0.05, 0) is 31.0 Å². The van der Waals surface area contributed by atoms with Crippen LogP contribution in [0, 0.1) is 29.1 Å². The highest BCUT2D eigenvalue weighted by Gasteiger charge is 2.17. The molecule has 1 aliphatic rings. The van der Waals surface area contributed by atoms with E-state index in [2.05, 4.69) is 11.8 Å². The molecule has 1 saturated carbocycles. The Morgan fingerprint density at radius 2 is 2.14 bits per heavy atom. The molecule has 0 bridgehead atoms. The summed E-state index contributed by atoms with van der Waals surface area (Å²) in [4.78, 5) is 0. The van der Waals surface area contributed by atoms with E-state index in [0.29, 0.717) is 17.2 Å². The van der Waals surface area contributed by atoms with Crippen LogP contribution >= 0.6 is 0 Å². The molecule has 2 heteroatoms. The largest absolute Gasteiger partial charge is 0.398 e. The maximum Gasteiger partial charge on any atom is 0.0992 e. The highest BCUT2D eigenvalue weighted by atomic mass is 14.6. The summed E-state index contributed by atoms with van der Waals surface area (Å²) < 4.78 is 0. The normalized spacial score (nSPS) is 13.9. The van der Waals surface area contributed by atoms with E-state index in [0.717, 1.165) is 5.56 Å². The van der Waals surface area contributed by atoms with Crippen LogP contribution in [0.4, 0.5) is 5.69 Å². The number of anilines is 1. The van der Waals surface area contributed by atoms with E-state index in [4.69, 9.17) is 11.0 Å². The number of rotatable bonds is 0. The van der Waals surface area contributed by atoms with Crippen molar-refractivity contribution in [3.63, 3.8) is 0 Å². The van der Waals surface area contributed by atoms with Gasteiger partial charge in [-0.2, -0.15) is 5.26 Å². The number of nitrogen functional groups attached to an aromatic ring is 1. The summed E-state index contributed by atoms with van der Waals surface area (Å²) in [5.41, 5.74) is 7.76. The van der Waals surface area contributed by atoms with Crippen LogP contribution in [0.5, 0.6) is 0 Å². The second-order valence-corrected chi connectivity index (χ2v) is 3.46. The minimum Gasteiger partial charge on any atom is -0.398 e. The molecule has 1 aromatic rings. The SMILES string of the molecule is N#Cc1ccc(C#CC2CC2)c(N)c1. The highest BCUT2D eigenvalue weighted by Crippen LogP contribution is 2.27. The second kappa shape index (κ2) is 3.44. The van der Waals surface area contributed by atoms with E-state index in [1.807, 2.05) is 12.1 Å². The van der Waals surface area contributed by atoms with Gasteiger partial charge in [0.05, 0.1) is 11.6 Å². The van der Waals surface area contributed by atoms with Gasteiger partial charge in [-0.1, -0.05) is 11.8 Å². The van der Waals surface area contributed by atoms with Crippen molar-refractivity contribution in [3.8, 4) is 17.9 Å². The topological polar surface area (TPSA) is 49.8 Å². The molecule has 0 unspecified atom stereocenters. The van der Waals surface area contributed by atoms with E-state index >= 15 is 0 Å². The van der Waals surface area contributed by atoms with Crippen LogP contribution in [0.2, 0.25) is 0 Å². The molecule has 68 valence electrons. The predicted octanol–water partition coefficient (Wildman–Crippen LogP) is 1.90. The summed E-state index contributed by atoms with van der Waals surface area (Å²) in [6, 6.07) is 7.26. The lowest BCUT2D eigenvalue weighted by molar-refractivity contribution is 1.18. The third kappa shape index (κ3) is 1.87. The molecule has 0 radical (unpaired) electrons. The summed E-state index contributed by atoms with van der Waals surface area (Å²) in [5, 5.41) is 8.64. The first-order valence-corrected chi connectivity index (χ1v) is 4.61. The minimum atomic E-state index is 0.574. The van der Waals surface area contributed by atoms with Crippen LogP contribution in [0.25, 0.3) is 0 Å². The highest BCUT2D eigenvalue weighted by molar-refractivity contribution is 5.59. The fourth-order valence-corrected chi connectivity index (χ4v) is 1.15. The fraction of sp³-hybridized carbons (Fsp3) is 0.250. The standard InChI is InChI=1S/C12H10N2/c13-8-10-4-6-11(12(14)7-10)5-3-9-1-2-9/h4,6-7,9H,1-2,14H2. The van der Waals surface area contributed by atoms with Crippen LogP contribution < -0.4 is 5.73 Å². The molecule has 14 heavy (non-hydrogen) atoms. The Bertz CT molecular complexity index is 453. The van der Waals surface area contributed by atoms with Gasteiger partial charge < -0.3 is 5.73 Å². The zero-order chi connectivity index (χ0) is 9.97. The fourth-order valence-electron chi connectivity index (χ4n) is 1.15. The Morgan fingerprint density at radius 3 is 2.71 bits per heavy atom. The Kier molecular flexibility index (Phi) is 2.13. The molecule has 0 spiro atoms. The Hall–Kier alpha value is -1.93. The van der Waals surface area contributed by atoms with E-state index < -0.39 is 0 Å². The van der Waals surface area contributed by atoms with Gasteiger partial charge in [-0.15, -0.1) is 0 Å². The smallest absolute Gasteiger partial charge is 0.0992 e. The lowest BCUT2D eigenvalue weighted by Gasteiger charge is -1.97. The summed E-state index contributed by atoms with van der Waals surface area (Å²) in [7, 11) is 0. The molecule has 2 rings (SSSR count). The molecule has 0 aromatic heterocycles. The monoisotopic (exact) mass is 182 g/mol. The molecular formula is C12H10N2. The van der Waals surface area contributed by atoms with Gasteiger partial charge in [0, 0.05) is 17.2 Å². The molecule has 1 aliphatic carbocycles. The van der Waals surface area contributed by atoms with Gasteiger partial charge in [0.25, 0.3) is 0 Å². The number of hydrogen-bond acceptors (Lipinski definition) is 2. The van der Waals surface area contributed by atoms with Crippen molar-refractivity contribution in [2.24, 2.45) is 5.92 Å². The van der Waals surface area contributed by atoms with Crippen LogP contribution in [0.15, 0.2) is 18.2 Å². The number of nitrogens with two attached hydrogens (primary N) is 1. The summed E-state index contributed by atoms with van der Waals surface area (Å²) in [6.07, 6.45) is 2.42. The van der Waals surface area contributed by atoms with Gasteiger partial charge in [0.15, 0.2) is 0 Å². The molecule has 0 amide bonds. The third-order valence-corrected chi connectivity index (χ3v) is 2.17. The van der Waals surface area contributed by atoms with Crippen molar-refractivity contribution in [3.05, 3.63) is 29.3 Å². The van der Waals surface area contributed by atoms with E-state index in [9.17, 15) is 0 Å². The van der Waals surface area contributed by atoms with Crippen LogP contribution in [-0.2, 0) is 0 Å². The second-order valence-electron chi connectivity index (χ2n) is 3.46. The molecule has 1 aromatic carbocycles. The van der Waals surface area contributed by atoms with E-state index in [1.54, 1.807) is 12.1 Å². The Morgan fingerprint density at radius 1 is 1.36 bits per heavy atom. The first-order valence-electron chi connectivity index (χ1n) is 4.61. The van der Waals surface area contributed by atoms with Gasteiger partial charge >= 0.3 is 0 Å². The van der Waals surface area contributed by atoms with Crippen molar-refractivity contribution in [2.45, 2.75) is 12.8 Å². The molecule has 0 heterocycles. The van der Waals surface area contributed by atoms with Gasteiger partial charge in [0.1, 0.15) is 0 Å². The molecule has 2 N–H and O–H groups in total. The van der Waals surface area contributed by atoms with Crippen molar-refractivity contribution >= 4 is 5.69 Å². The molecule has 2 nitrogen and oxygen atoms in total. The van der Waals surface area contributed by atoms with Crippen molar-refractivity contribution in [1.82, 2.24) is 0 Å². The first kappa shape index (κ1) is 8.66. The first-order chi connectivity index (χ1) is 6.79. The molecule has 1 fully saturated rings. The third-order valence-electron chi connectivity index (χ3n) is 2.17. The van der Waals surface area contributed by atoms with Gasteiger partial charge in [0.2, 0.25) is 0 Å². The summed E-state index contributed by atoms with van der Waals surface area (Å²) in [6.45, 7) is 0. The average Bonchev–Trinajstić information content (AvgIpc) is 2.99. The number of nitrogens with zero attached hydrogens (tertiary/aromatic N) is 1. The number of benzene rings is 1. The van der Waals surface area contributed by atoms with E-state index in [1.165, 1.54) is 12.8 Å². The maximum absolute atomic E-state index is 8.64. The molecular weight excluding hydrogens is 172 g/mol. The van der Waals surface area contributed by atoms with Crippen molar-refractivity contribution < 1.29 is 0 Å². The molecule has 0 saturated heterocycles. The minimum absolute atomic E-state index is 0.574. The maximum atomic E-state index is 8.64. The number of nitriles is 1.